The summed E-state index contributed by atoms with van der Waals surface area (Å²) in [6.45, 7) is 8.17. The number of carbonyl (C=O) groups excluding carboxylic acids is 1. The highest BCUT2D eigenvalue weighted by Crippen LogP contribution is 2.41. The highest BCUT2D eigenvalue weighted by Gasteiger charge is 2.48. The van der Waals surface area contributed by atoms with Crippen molar-refractivity contribution < 1.29 is 14.7 Å². The van der Waals surface area contributed by atoms with Crippen molar-refractivity contribution in [3.8, 4) is 0 Å². The summed E-state index contributed by atoms with van der Waals surface area (Å²) in [6, 6.07) is 1.62. The lowest BCUT2D eigenvalue weighted by atomic mass is 9.84. The minimum Gasteiger partial charge on any atom is -0.480 e. The molecule has 1 N–H and O–H groups in total. The first-order valence-electron chi connectivity index (χ1n) is 9.06. The fourth-order valence-corrected chi connectivity index (χ4v) is 4.90. The summed E-state index contributed by atoms with van der Waals surface area (Å²) in [5, 5.41) is 9.64. The Bertz CT molecular complexity index is 662. The number of hydrogen-bond donors (Lipinski definition) is 1. The lowest BCUT2D eigenvalue weighted by Crippen LogP contribution is -2.46. The van der Waals surface area contributed by atoms with Crippen LogP contribution in [0.1, 0.15) is 73.7 Å². The summed E-state index contributed by atoms with van der Waals surface area (Å²) in [5.41, 5.74) is 2.66. The van der Waals surface area contributed by atoms with E-state index in [4.69, 9.17) is 0 Å². The fourth-order valence-electron chi connectivity index (χ4n) is 4.90. The number of fused-ring (bicyclic) bond motifs is 1. The quantitative estimate of drug-likeness (QED) is 0.921. The maximum Gasteiger partial charge on any atom is 0.326 e. The number of rotatable bonds is 3. The molecule has 5 heteroatoms. The first-order chi connectivity index (χ1) is 11.3. The first-order valence-corrected chi connectivity index (χ1v) is 9.06. The number of nitrogens with zero attached hydrogens (tertiary/aromatic N) is 2. The molecule has 1 aliphatic carbocycles. The number of likely N-dealkylation sites (tertiary alicyclic amines) is 1. The van der Waals surface area contributed by atoms with Crippen LogP contribution in [-0.2, 0) is 4.79 Å². The Balaban J connectivity index is 1.98. The molecule has 132 valence electrons. The summed E-state index contributed by atoms with van der Waals surface area (Å²) in [6.07, 6.45) is 4.82. The van der Waals surface area contributed by atoms with Crippen LogP contribution in [0.2, 0.25) is 0 Å². The minimum absolute atomic E-state index is 0.0921. The van der Waals surface area contributed by atoms with Crippen LogP contribution in [0.4, 0.5) is 0 Å². The van der Waals surface area contributed by atoms with E-state index in [1.54, 1.807) is 4.90 Å². The molecule has 3 unspecified atom stereocenters. The molecule has 0 radical (unpaired) electrons. The fraction of sp³-hybridized carbons (Fsp3) is 0.684. The maximum atomic E-state index is 13.3. The number of carboxylic acids is 1. The topological polar surface area (TPSA) is 62.5 Å². The molecule has 1 amide bonds. The summed E-state index contributed by atoms with van der Waals surface area (Å²) in [7, 11) is 0. The zero-order valence-electron chi connectivity index (χ0n) is 15.1. The molecule has 1 saturated heterocycles. The van der Waals surface area contributed by atoms with E-state index in [-0.39, 0.29) is 18.0 Å². The standard InChI is InChI=1S/C19H28N2O3/c1-11(2)20-12(3)9-15(13(20)4)18(22)21-16-8-6-5-7-14(16)10-17(21)19(23)24/h9,11,14,16-17H,5-8,10H2,1-4H3,(H,23,24). The molecule has 1 aromatic rings. The van der Waals surface area contributed by atoms with Crippen LogP contribution in [0.15, 0.2) is 6.07 Å². The van der Waals surface area contributed by atoms with Crippen molar-refractivity contribution in [3.05, 3.63) is 23.0 Å². The van der Waals surface area contributed by atoms with Crippen molar-refractivity contribution >= 4 is 11.9 Å². The van der Waals surface area contributed by atoms with Crippen LogP contribution in [-0.4, -0.2) is 38.5 Å². The Kier molecular flexibility index (Phi) is 4.45. The van der Waals surface area contributed by atoms with Crippen molar-refractivity contribution in [2.75, 3.05) is 0 Å². The minimum atomic E-state index is -0.865. The van der Waals surface area contributed by atoms with Gasteiger partial charge in [-0.15, -0.1) is 0 Å². The van der Waals surface area contributed by atoms with Crippen molar-refractivity contribution in [1.29, 1.82) is 0 Å². The van der Waals surface area contributed by atoms with E-state index in [2.05, 4.69) is 18.4 Å². The van der Waals surface area contributed by atoms with Crippen LogP contribution in [0.5, 0.6) is 0 Å². The van der Waals surface area contributed by atoms with Crippen LogP contribution in [0.25, 0.3) is 0 Å². The molecule has 1 saturated carbocycles. The Morgan fingerprint density at radius 3 is 2.46 bits per heavy atom. The van der Waals surface area contributed by atoms with Crippen molar-refractivity contribution in [2.45, 2.75) is 77.9 Å². The number of carbonyl (C=O) groups is 2. The molecular weight excluding hydrogens is 304 g/mol. The van der Waals surface area contributed by atoms with E-state index in [1.807, 2.05) is 19.9 Å². The number of aromatic nitrogens is 1. The van der Waals surface area contributed by atoms with Crippen LogP contribution in [0.3, 0.4) is 0 Å². The molecule has 2 aliphatic rings. The Morgan fingerprint density at radius 1 is 1.21 bits per heavy atom. The van der Waals surface area contributed by atoms with Crippen LogP contribution < -0.4 is 0 Å². The first kappa shape index (κ1) is 17.1. The second-order valence-electron chi connectivity index (χ2n) is 7.66. The molecule has 5 nitrogen and oxygen atoms in total. The second kappa shape index (κ2) is 6.26. The van der Waals surface area contributed by atoms with E-state index in [0.717, 1.165) is 37.1 Å². The molecule has 24 heavy (non-hydrogen) atoms. The SMILES string of the molecule is Cc1cc(C(=O)N2C(C(=O)O)CC3CCCCC32)c(C)n1C(C)C. The summed E-state index contributed by atoms with van der Waals surface area (Å²) >= 11 is 0. The van der Waals surface area contributed by atoms with Gasteiger partial charge in [0.2, 0.25) is 0 Å². The van der Waals surface area contributed by atoms with Gasteiger partial charge < -0.3 is 14.6 Å². The van der Waals surface area contributed by atoms with Gasteiger partial charge >= 0.3 is 5.97 Å². The van der Waals surface area contributed by atoms with Gasteiger partial charge in [-0.3, -0.25) is 4.79 Å². The average molecular weight is 332 g/mol. The Hall–Kier alpha value is -1.78. The van der Waals surface area contributed by atoms with E-state index in [0.29, 0.717) is 17.9 Å². The van der Waals surface area contributed by atoms with E-state index >= 15 is 0 Å². The van der Waals surface area contributed by atoms with Gasteiger partial charge in [-0.1, -0.05) is 12.8 Å². The normalized spacial score (nSPS) is 26.7. The summed E-state index contributed by atoms with van der Waals surface area (Å²) in [4.78, 5) is 26.7. The molecule has 2 fully saturated rings. The van der Waals surface area contributed by atoms with Crippen molar-refractivity contribution in [3.63, 3.8) is 0 Å². The highest BCUT2D eigenvalue weighted by atomic mass is 16.4. The largest absolute Gasteiger partial charge is 0.480 e. The zero-order chi connectivity index (χ0) is 17.6. The predicted octanol–water partition coefficient (Wildman–Crippen LogP) is 3.54. The maximum absolute atomic E-state index is 13.3. The third-order valence-electron chi connectivity index (χ3n) is 5.84. The van der Waals surface area contributed by atoms with Crippen LogP contribution in [0, 0.1) is 19.8 Å². The molecule has 0 bridgehead atoms. The van der Waals surface area contributed by atoms with Gasteiger partial charge in [0.15, 0.2) is 0 Å². The molecule has 0 spiro atoms. The number of amides is 1. The van der Waals surface area contributed by atoms with E-state index < -0.39 is 12.0 Å². The summed E-state index contributed by atoms with van der Waals surface area (Å²) < 4.78 is 2.15. The van der Waals surface area contributed by atoms with E-state index in [9.17, 15) is 14.7 Å². The monoisotopic (exact) mass is 332 g/mol. The molecule has 3 atom stereocenters. The third kappa shape index (κ3) is 2.64. The third-order valence-corrected chi connectivity index (χ3v) is 5.84. The Morgan fingerprint density at radius 2 is 1.88 bits per heavy atom. The highest BCUT2D eigenvalue weighted by molar-refractivity contribution is 5.98. The van der Waals surface area contributed by atoms with Gasteiger partial charge in [0.05, 0.1) is 5.56 Å². The Labute approximate surface area is 143 Å². The summed E-state index contributed by atoms with van der Waals surface area (Å²) in [5.74, 6) is -0.621. The lowest BCUT2D eigenvalue weighted by molar-refractivity contribution is -0.141. The van der Waals surface area contributed by atoms with Gasteiger partial charge in [-0.25, -0.2) is 4.79 Å². The smallest absolute Gasteiger partial charge is 0.326 e. The van der Waals surface area contributed by atoms with Gasteiger partial charge in [0.1, 0.15) is 6.04 Å². The number of aryl methyl sites for hydroxylation is 1. The molecular formula is C19H28N2O3. The zero-order valence-corrected chi connectivity index (χ0v) is 15.1. The van der Waals surface area contributed by atoms with Crippen molar-refractivity contribution in [1.82, 2.24) is 9.47 Å². The van der Waals surface area contributed by atoms with Crippen molar-refractivity contribution in [2.24, 2.45) is 5.92 Å². The molecule has 1 aromatic heterocycles. The van der Waals surface area contributed by atoms with E-state index in [1.165, 1.54) is 0 Å². The number of aliphatic carboxylic acids is 1. The molecule has 1 aliphatic heterocycles. The van der Waals surface area contributed by atoms with Gasteiger partial charge in [-0.05, 0) is 58.9 Å². The molecule has 3 rings (SSSR count). The predicted molar refractivity (Wildman–Crippen MR) is 92.2 cm³/mol. The molecule has 2 heterocycles. The van der Waals surface area contributed by atoms with Gasteiger partial charge in [0.25, 0.3) is 5.91 Å². The lowest BCUT2D eigenvalue weighted by Gasteiger charge is -2.33. The second-order valence-corrected chi connectivity index (χ2v) is 7.66. The van der Waals surface area contributed by atoms with Gasteiger partial charge in [0, 0.05) is 23.5 Å². The average Bonchev–Trinajstić information content (AvgIpc) is 3.04. The van der Waals surface area contributed by atoms with Crippen LogP contribution >= 0.6 is 0 Å². The number of carboxylic acid groups (broad SMARTS) is 1. The number of hydrogen-bond acceptors (Lipinski definition) is 2. The molecule has 0 aromatic carbocycles. The van der Waals surface area contributed by atoms with Gasteiger partial charge in [-0.2, -0.15) is 0 Å².